The Bertz CT molecular complexity index is 598. The highest BCUT2D eigenvalue weighted by atomic mass is 32.1. The summed E-state index contributed by atoms with van der Waals surface area (Å²) in [6.07, 6.45) is -0.514. The maximum atomic E-state index is 11.6. The molecule has 0 aliphatic carbocycles. The Morgan fingerprint density at radius 2 is 2.37 bits per heavy atom. The third-order valence-electron chi connectivity index (χ3n) is 3.18. The Balaban J connectivity index is 1.87. The van der Waals surface area contributed by atoms with Gasteiger partial charge in [0.15, 0.2) is 6.10 Å². The molecule has 0 saturated carbocycles. The first kappa shape index (κ1) is 12.4. The van der Waals surface area contributed by atoms with Crippen molar-refractivity contribution in [1.82, 2.24) is 4.37 Å². The van der Waals surface area contributed by atoms with E-state index in [1.165, 1.54) is 18.6 Å². The predicted molar refractivity (Wildman–Crippen MR) is 73.6 cm³/mol. The van der Waals surface area contributed by atoms with Gasteiger partial charge in [0, 0.05) is 11.9 Å². The third kappa shape index (κ3) is 2.29. The van der Waals surface area contributed by atoms with E-state index in [0.717, 1.165) is 22.4 Å². The number of carbonyl (C=O) groups excluding carboxylic acids is 1. The number of aromatic nitrogens is 1. The number of morpholine rings is 1. The van der Waals surface area contributed by atoms with Gasteiger partial charge in [0.05, 0.1) is 25.8 Å². The average molecular weight is 278 g/mol. The summed E-state index contributed by atoms with van der Waals surface area (Å²) in [5, 5.41) is 2.21. The molecule has 19 heavy (non-hydrogen) atoms. The molecule has 1 saturated heterocycles. The van der Waals surface area contributed by atoms with Crippen LogP contribution in [0.1, 0.15) is 0 Å². The summed E-state index contributed by atoms with van der Waals surface area (Å²) >= 11 is 1.46. The fourth-order valence-electron chi connectivity index (χ4n) is 2.21. The van der Waals surface area contributed by atoms with Crippen LogP contribution in [0, 0.1) is 0 Å². The number of esters is 1. The van der Waals surface area contributed by atoms with E-state index in [-0.39, 0.29) is 5.97 Å². The number of ether oxygens (including phenoxy) is 2. The molecule has 6 heteroatoms. The van der Waals surface area contributed by atoms with Crippen molar-refractivity contribution in [2.45, 2.75) is 6.10 Å². The van der Waals surface area contributed by atoms with Crippen molar-refractivity contribution in [3.8, 4) is 0 Å². The van der Waals surface area contributed by atoms with E-state index >= 15 is 0 Å². The lowest BCUT2D eigenvalue weighted by Crippen LogP contribution is -2.46. The Morgan fingerprint density at radius 1 is 1.53 bits per heavy atom. The second-order valence-electron chi connectivity index (χ2n) is 4.33. The van der Waals surface area contributed by atoms with Crippen LogP contribution in [0.4, 0.5) is 5.00 Å². The zero-order valence-corrected chi connectivity index (χ0v) is 11.4. The zero-order valence-electron chi connectivity index (χ0n) is 10.5. The molecule has 1 aliphatic rings. The van der Waals surface area contributed by atoms with E-state index in [1.807, 2.05) is 18.2 Å². The Labute approximate surface area is 114 Å². The molecule has 1 atom stereocenters. The number of hydrogen-bond acceptors (Lipinski definition) is 6. The molecule has 0 spiro atoms. The van der Waals surface area contributed by atoms with Crippen LogP contribution in [0.15, 0.2) is 24.3 Å². The first-order chi connectivity index (χ1) is 9.29. The SMILES string of the molecule is COC(=O)C1CN(c2snc3ccccc23)CCO1. The Hall–Kier alpha value is -1.66. The van der Waals surface area contributed by atoms with E-state index in [1.54, 1.807) is 0 Å². The van der Waals surface area contributed by atoms with Crippen LogP contribution in [-0.2, 0) is 14.3 Å². The summed E-state index contributed by atoms with van der Waals surface area (Å²) in [6, 6.07) is 8.02. The van der Waals surface area contributed by atoms with Crippen molar-refractivity contribution >= 4 is 33.4 Å². The first-order valence-corrected chi connectivity index (χ1v) is 6.85. The fourth-order valence-corrected chi connectivity index (χ4v) is 3.11. The number of fused-ring (bicyclic) bond motifs is 1. The van der Waals surface area contributed by atoms with E-state index in [4.69, 9.17) is 9.47 Å². The van der Waals surface area contributed by atoms with Crippen LogP contribution in [0.2, 0.25) is 0 Å². The number of carbonyl (C=O) groups is 1. The minimum Gasteiger partial charge on any atom is -0.467 e. The summed E-state index contributed by atoms with van der Waals surface area (Å²) in [5.74, 6) is -0.321. The number of anilines is 1. The van der Waals surface area contributed by atoms with Crippen LogP contribution in [0.5, 0.6) is 0 Å². The summed E-state index contributed by atoms with van der Waals surface area (Å²) in [4.78, 5) is 13.7. The van der Waals surface area contributed by atoms with Crippen molar-refractivity contribution in [3.05, 3.63) is 24.3 Å². The second kappa shape index (κ2) is 5.14. The highest BCUT2D eigenvalue weighted by Crippen LogP contribution is 2.32. The van der Waals surface area contributed by atoms with Gasteiger partial charge in [-0.3, -0.25) is 0 Å². The molecule has 1 fully saturated rings. The van der Waals surface area contributed by atoms with Gasteiger partial charge in [0.2, 0.25) is 0 Å². The molecular formula is C13H14N2O3S. The minimum atomic E-state index is -0.514. The van der Waals surface area contributed by atoms with Crippen molar-refractivity contribution in [2.75, 3.05) is 31.7 Å². The van der Waals surface area contributed by atoms with Crippen LogP contribution in [0.25, 0.3) is 10.9 Å². The molecule has 1 aromatic carbocycles. The molecular weight excluding hydrogens is 264 g/mol. The van der Waals surface area contributed by atoms with Gasteiger partial charge in [-0.1, -0.05) is 12.1 Å². The van der Waals surface area contributed by atoms with Crippen LogP contribution < -0.4 is 4.90 Å². The molecule has 2 heterocycles. The van der Waals surface area contributed by atoms with Crippen molar-refractivity contribution in [2.24, 2.45) is 0 Å². The monoisotopic (exact) mass is 278 g/mol. The van der Waals surface area contributed by atoms with E-state index in [0.29, 0.717) is 13.2 Å². The smallest absolute Gasteiger partial charge is 0.336 e. The average Bonchev–Trinajstić information content (AvgIpc) is 2.90. The van der Waals surface area contributed by atoms with Gasteiger partial charge in [0.1, 0.15) is 5.00 Å². The molecule has 0 amide bonds. The largest absolute Gasteiger partial charge is 0.467 e. The Kier molecular flexibility index (Phi) is 3.35. The molecule has 5 nitrogen and oxygen atoms in total. The second-order valence-corrected chi connectivity index (χ2v) is 5.09. The quantitative estimate of drug-likeness (QED) is 0.782. The summed E-state index contributed by atoms with van der Waals surface area (Å²) in [6.45, 7) is 1.80. The fraction of sp³-hybridized carbons (Fsp3) is 0.385. The number of methoxy groups -OCH3 is 1. The molecule has 1 aromatic heterocycles. The number of rotatable bonds is 2. The Morgan fingerprint density at radius 3 is 3.21 bits per heavy atom. The molecule has 100 valence electrons. The highest BCUT2D eigenvalue weighted by molar-refractivity contribution is 7.11. The lowest BCUT2D eigenvalue weighted by atomic mass is 10.2. The topological polar surface area (TPSA) is 51.7 Å². The summed E-state index contributed by atoms with van der Waals surface area (Å²) < 4.78 is 14.6. The first-order valence-electron chi connectivity index (χ1n) is 6.08. The van der Waals surface area contributed by atoms with Gasteiger partial charge in [-0.25, -0.2) is 4.79 Å². The summed E-state index contributed by atoms with van der Waals surface area (Å²) in [7, 11) is 1.38. The van der Waals surface area contributed by atoms with E-state index < -0.39 is 6.10 Å². The van der Waals surface area contributed by atoms with Crippen LogP contribution in [0.3, 0.4) is 0 Å². The van der Waals surface area contributed by atoms with Gasteiger partial charge >= 0.3 is 5.97 Å². The maximum absolute atomic E-state index is 11.6. The predicted octanol–water partition coefficient (Wildman–Crippen LogP) is 1.67. The molecule has 0 radical (unpaired) electrons. The lowest BCUT2D eigenvalue weighted by Gasteiger charge is -2.32. The van der Waals surface area contributed by atoms with Gasteiger partial charge < -0.3 is 14.4 Å². The zero-order chi connectivity index (χ0) is 13.2. The molecule has 1 aliphatic heterocycles. The summed E-state index contributed by atoms with van der Waals surface area (Å²) in [5.41, 5.74) is 0.989. The van der Waals surface area contributed by atoms with Crippen molar-refractivity contribution < 1.29 is 14.3 Å². The maximum Gasteiger partial charge on any atom is 0.336 e. The van der Waals surface area contributed by atoms with Gasteiger partial charge in [-0.15, -0.1) is 0 Å². The van der Waals surface area contributed by atoms with E-state index in [2.05, 4.69) is 15.3 Å². The number of hydrogen-bond donors (Lipinski definition) is 0. The molecule has 1 unspecified atom stereocenters. The van der Waals surface area contributed by atoms with Crippen LogP contribution in [-0.4, -0.2) is 43.3 Å². The molecule has 0 bridgehead atoms. The number of nitrogens with zero attached hydrogens (tertiary/aromatic N) is 2. The lowest BCUT2D eigenvalue weighted by molar-refractivity contribution is -0.154. The minimum absolute atomic E-state index is 0.321. The van der Waals surface area contributed by atoms with Crippen molar-refractivity contribution in [1.29, 1.82) is 0 Å². The number of benzene rings is 1. The molecule has 3 rings (SSSR count). The highest BCUT2D eigenvalue weighted by Gasteiger charge is 2.29. The third-order valence-corrected chi connectivity index (χ3v) is 4.12. The van der Waals surface area contributed by atoms with Crippen LogP contribution >= 0.6 is 11.5 Å². The van der Waals surface area contributed by atoms with Gasteiger partial charge in [-0.05, 0) is 23.7 Å². The molecule has 2 aromatic rings. The normalized spacial score (nSPS) is 19.6. The standard InChI is InChI=1S/C13H14N2O3S/c1-17-13(16)11-8-15(6-7-18-11)12-9-4-2-3-5-10(9)14-19-12/h2-5,11H,6-8H2,1H3. The molecule has 0 N–H and O–H groups in total. The van der Waals surface area contributed by atoms with Gasteiger partial charge in [-0.2, -0.15) is 4.37 Å². The van der Waals surface area contributed by atoms with E-state index in [9.17, 15) is 4.79 Å². The van der Waals surface area contributed by atoms with Crippen molar-refractivity contribution in [3.63, 3.8) is 0 Å². The van der Waals surface area contributed by atoms with Gasteiger partial charge in [0.25, 0.3) is 0 Å².